The van der Waals surface area contributed by atoms with Crippen molar-refractivity contribution in [3.63, 3.8) is 0 Å². The molecular formula is C19H17FO3S. The third kappa shape index (κ3) is 3.17. The summed E-state index contributed by atoms with van der Waals surface area (Å²) >= 11 is 1.52. The van der Waals surface area contributed by atoms with E-state index in [1.165, 1.54) is 23.5 Å². The molecule has 1 aliphatic rings. The molecule has 0 amide bonds. The lowest BCUT2D eigenvalue weighted by Crippen LogP contribution is -2.34. The van der Waals surface area contributed by atoms with E-state index >= 15 is 0 Å². The topological polar surface area (TPSA) is 43.4 Å². The summed E-state index contributed by atoms with van der Waals surface area (Å²) in [6.07, 6.45) is 1.93. The van der Waals surface area contributed by atoms with Crippen molar-refractivity contribution in [1.29, 1.82) is 0 Å². The zero-order valence-electron chi connectivity index (χ0n) is 13.2. The van der Waals surface area contributed by atoms with Crippen molar-refractivity contribution >= 4 is 28.7 Å². The van der Waals surface area contributed by atoms with Crippen LogP contribution in [0.15, 0.2) is 47.9 Å². The summed E-state index contributed by atoms with van der Waals surface area (Å²) in [4.78, 5) is 25.9. The van der Waals surface area contributed by atoms with Crippen molar-refractivity contribution in [2.24, 2.45) is 5.92 Å². The van der Waals surface area contributed by atoms with Crippen LogP contribution in [0.25, 0.3) is 5.57 Å². The molecule has 0 N–H and O–H groups in total. The molecule has 0 spiro atoms. The fourth-order valence-corrected chi connectivity index (χ4v) is 3.84. The van der Waals surface area contributed by atoms with Crippen LogP contribution in [0.5, 0.6) is 0 Å². The molecule has 0 unspecified atom stereocenters. The molecule has 0 bridgehead atoms. The number of allylic oxidation sites excluding steroid dienone is 2. The van der Waals surface area contributed by atoms with Gasteiger partial charge in [0.25, 0.3) is 0 Å². The van der Waals surface area contributed by atoms with E-state index in [0.29, 0.717) is 12.0 Å². The maximum absolute atomic E-state index is 14.3. The molecule has 0 saturated carbocycles. The van der Waals surface area contributed by atoms with Gasteiger partial charge in [-0.15, -0.1) is 11.3 Å². The van der Waals surface area contributed by atoms with E-state index in [2.05, 4.69) is 0 Å². The van der Waals surface area contributed by atoms with Crippen molar-refractivity contribution in [3.05, 3.63) is 64.1 Å². The lowest BCUT2D eigenvalue weighted by molar-refractivity contribution is -0.151. The van der Waals surface area contributed by atoms with Gasteiger partial charge in [-0.25, -0.2) is 4.39 Å². The lowest BCUT2D eigenvalue weighted by Gasteiger charge is -2.29. The van der Waals surface area contributed by atoms with E-state index in [1.807, 2.05) is 17.5 Å². The van der Waals surface area contributed by atoms with E-state index in [-0.39, 0.29) is 12.4 Å². The van der Waals surface area contributed by atoms with Crippen LogP contribution >= 0.6 is 11.3 Å². The number of hydrogen-bond donors (Lipinski definition) is 0. The Balaban J connectivity index is 2.04. The number of thiophene rings is 1. The molecule has 1 heterocycles. The van der Waals surface area contributed by atoms with Crippen LogP contribution in [0.4, 0.5) is 4.39 Å². The highest BCUT2D eigenvalue weighted by Crippen LogP contribution is 2.41. The second kappa shape index (κ2) is 7.09. The molecule has 0 aliphatic heterocycles. The van der Waals surface area contributed by atoms with Gasteiger partial charge in [-0.3, -0.25) is 9.59 Å². The maximum Gasteiger partial charge on any atom is 0.317 e. The number of ketones is 1. The first-order valence-corrected chi connectivity index (χ1v) is 8.69. The highest BCUT2D eigenvalue weighted by molar-refractivity contribution is 7.11. The molecule has 0 fully saturated rings. The summed E-state index contributed by atoms with van der Waals surface area (Å²) in [5, 5.41) is 1.93. The van der Waals surface area contributed by atoms with Gasteiger partial charge in [0, 0.05) is 10.8 Å². The number of hydrogen-bond acceptors (Lipinski definition) is 4. The lowest BCUT2D eigenvalue weighted by atomic mass is 9.74. The molecule has 124 valence electrons. The molecule has 2 atom stereocenters. The standard InChI is InChI=1S/C19H17FO3S/c1-2-23-19(22)18-14(13-6-3-4-7-15(13)20)10-12(11-16(18)21)17-8-5-9-24-17/h3-9,11,14,18H,2,10H2,1H3/t14-,18+/m1/s1. The molecule has 1 aromatic carbocycles. The zero-order chi connectivity index (χ0) is 17.1. The van der Waals surface area contributed by atoms with Gasteiger partial charge in [0.05, 0.1) is 6.61 Å². The van der Waals surface area contributed by atoms with Crippen LogP contribution in [-0.2, 0) is 14.3 Å². The van der Waals surface area contributed by atoms with Crippen molar-refractivity contribution in [2.75, 3.05) is 6.61 Å². The highest BCUT2D eigenvalue weighted by Gasteiger charge is 2.40. The normalized spacial score (nSPS) is 20.6. The van der Waals surface area contributed by atoms with Crippen LogP contribution in [0.3, 0.4) is 0 Å². The molecule has 24 heavy (non-hydrogen) atoms. The summed E-state index contributed by atoms with van der Waals surface area (Å²) in [5.41, 5.74) is 1.22. The fraction of sp³-hybridized carbons (Fsp3) is 0.263. The zero-order valence-corrected chi connectivity index (χ0v) is 14.0. The van der Waals surface area contributed by atoms with Gasteiger partial charge in [-0.1, -0.05) is 24.3 Å². The Morgan fingerprint density at radius 2 is 2.08 bits per heavy atom. The Bertz CT molecular complexity index is 780. The van der Waals surface area contributed by atoms with Gasteiger partial charge in [-0.2, -0.15) is 0 Å². The first kappa shape index (κ1) is 16.6. The molecule has 3 nitrogen and oxygen atoms in total. The predicted octanol–water partition coefficient (Wildman–Crippen LogP) is 4.21. The molecule has 0 radical (unpaired) electrons. The quantitative estimate of drug-likeness (QED) is 0.616. The van der Waals surface area contributed by atoms with E-state index in [1.54, 1.807) is 25.1 Å². The summed E-state index contributed by atoms with van der Waals surface area (Å²) < 4.78 is 19.4. The molecule has 0 saturated heterocycles. The Morgan fingerprint density at radius 1 is 1.29 bits per heavy atom. The molecule has 1 aliphatic carbocycles. The molecular weight excluding hydrogens is 327 g/mol. The highest BCUT2D eigenvalue weighted by atomic mass is 32.1. The number of benzene rings is 1. The van der Waals surface area contributed by atoms with Gasteiger partial charge in [-0.05, 0) is 48.1 Å². The van der Waals surface area contributed by atoms with Gasteiger partial charge in [0.15, 0.2) is 5.78 Å². The first-order valence-electron chi connectivity index (χ1n) is 7.81. The van der Waals surface area contributed by atoms with Gasteiger partial charge in [0.1, 0.15) is 11.7 Å². The monoisotopic (exact) mass is 344 g/mol. The second-order valence-corrected chi connectivity index (χ2v) is 6.56. The third-order valence-electron chi connectivity index (χ3n) is 4.15. The number of rotatable bonds is 4. The second-order valence-electron chi connectivity index (χ2n) is 5.61. The summed E-state index contributed by atoms with van der Waals surface area (Å²) in [6.45, 7) is 1.88. The smallest absolute Gasteiger partial charge is 0.317 e. The first-order chi connectivity index (χ1) is 11.6. The number of halogens is 1. The number of carbonyl (C=O) groups is 2. The molecule has 3 rings (SSSR count). The van der Waals surface area contributed by atoms with Gasteiger partial charge in [0.2, 0.25) is 0 Å². The number of carbonyl (C=O) groups excluding carboxylic acids is 2. The largest absolute Gasteiger partial charge is 0.465 e. The average Bonchev–Trinajstić information content (AvgIpc) is 3.09. The van der Waals surface area contributed by atoms with E-state index in [0.717, 1.165) is 10.5 Å². The van der Waals surface area contributed by atoms with Crippen LogP contribution in [-0.4, -0.2) is 18.4 Å². The minimum Gasteiger partial charge on any atom is -0.465 e. The van der Waals surface area contributed by atoms with Crippen LogP contribution in [0, 0.1) is 11.7 Å². The third-order valence-corrected chi connectivity index (χ3v) is 5.09. The molecule has 5 heteroatoms. The summed E-state index contributed by atoms with van der Waals surface area (Å²) in [6, 6.07) is 10.1. The van der Waals surface area contributed by atoms with Crippen molar-refractivity contribution in [2.45, 2.75) is 19.3 Å². The minimum atomic E-state index is -0.995. The SMILES string of the molecule is CCOC(=O)[C@@H]1C(=O)C=C(c2cccs2)C[C@@H]1c1ccccc1F. The van der Waals surface area contributed by atoms with Crippen molar-refractivity contribution in [3.8, 4) is 0 Å². The maximum atomic E-state index is 14.3. The summed E-state index contributed by atoms with van der Waals surface area (Å²) in [7, 11) is 0. The number of esters is 1. The van der Waals surface area contributed by atoms with Crippen LogP contribution in [0.1, 0.15) is 29.7 Å². The van der Waals surface area contributed by atoms with Crippen molar-refractivity contribution in [1.82, 2.24) is 0 Å². The van der Waals surface area contributed by atoms with E-state index in [9.17, 15) is 14.0 Å². The molecule has 2 aromatic rings. The number of ether oxygens (including phenoxy) is 1. The molecule has 1 aromatic heterocycles. The summed E-state index contributed by atoms with van der Waals surface area (Å²) in [5.74, 6) is -2.86. The van der Waals surface area contributed by atoms with E-state index in [4.69, 9.17) is 4.74 Å². The fourth-order valence-electron chi connectivity index (χ4n) is 3.08. The van der Waals surface area contributed by atoms with Crippen LogP contribution in [0.2, 0.25) is 0 Å². The predicted molar refractivity (Wildman–Crippen MR) is 91.2 cm³/mol. The Morgan fingerprint density at radius 3 is 2.75 bits per heavy atom. The average molecular weight is 344 g/mol. The van der Waals surface area contributed by atoms with Crippen LogP contribution < -0.4 is 0 Å². The Hall–Kier alpha value is -2.27. The van der Waals surface area contributed by atoms with Crippen molar-refractivity contribution < 1.29 is 18.7 Å². The Kier molecular flexibility index (Phi) is 4.90. The minimum absolute atomic E-state index is 0.189. The van der Waals surface area contributed by atoms with E-state index < -0.39 is 23.6 Å². The van der Waals surface area contributed by atoms with Gasteiger partial charge < -0.3 is 4.74 Å². The Labute approximate surface area is 143 Å². The van der Waals surface area contributed by atoms with Gasteiger partial charge >= 0.3 is 5.97 Å².